The van der Waals surface area contributed by atoms with Crippen molar-refractivity contribution < 1.29 is 18.5 Å². The number of thiophene rings is 1. The lowest BCUT2D eigenvalue weighted by atomic mass is 9.96. The maximum Gasteiger partial charge on any atom is 0.283 e. The quantitative estimate of drug-likeness (QED) is 0.408. The first-order chi connectivity index (χ1) is 15.3. The normalized spacial score (nSPS) is 14.7. The van der Waals surface area contributed by atoms with Crippen molar-refractivity contribution >= 4 is 22.9 Å². The van der Waals surface area contributed by atoms with Crippen molar-refractivity contribution in [3.05, 3.63) is 97.2 Å². The zero-order valence-corrected chi connectivity index (χ0v) is 18.1. The summed E-state index contributed by atoms with van der Waals surface area (Å²) in [5, 5.41) is 11.1. The molecule has 0 unspecified atom stereocenters. The Morgan fingerprint density at radius 3 is 1.91 bits per heavy atom. The van der Waals surface area contributed by atoms with E-state index in [0.717, 1.165) is 22.5 Å². The van der Waals surface area contributed by atoms with Gasteiger partial charge in [-0.3, -0.25) is 19.8 Å². The van der Waals surface area contributed by atoms with E-state index in [1.54, 1.807) is 36.1 Å². The first kappa shape index (κ1) is 22.0. The van der Waals surface area contributed by atoms with Crippen molar-refractivity contribution in [2.45, 2.75) is 13.0 Å². The number of hydrogen-bond donors (Lipinski definition) is 0. The number of nitro groups is 1. The summed E-state index contributed by atoms with van der Waals surface area (Å²) in [7, 11) is 0. The number of piperazine rings is 1. The number of benzene rings is 2. The van der Waals surface area contributed by atoms with Crippen molar-refractivity contribution in [3.63, 3.8) is 0 Å². The van der Waals surface area contributed by atoms with E-state index in [1.165, 1.54) is 30.3 Å². The molecule has 0 aliphatic carbocycles. The highest BCUT2D eigenvalue weighted by Crippen LogP contribution is 2.32. The van der Waals surface area contributed by atoms with Gasteiger partial charge in [-0.15, -0.1) is 11.3 Å². The monoisotopic (exact) mass is 457 g/mol. The number of halogens is 2. The molecule has 4 rings (SSSR count). The van der Waals surface area contributed by atoms with Gasteiger partial charge in [0, 0.05) is 32.2 Å². The van der Waals surface area contributed by atoms with Crippen molar-refractivity contribution in [2.24, 2.45) is 0 Å². The van der Waals surface area contributed by atoms with Crippen LogP contribution < -0.4 is 0 Å². The van der Waals surface area contributed by atoms with E-state index in [-0.39, 0.29) is 29.3 Å². The molecule has 1 aromatic heterocycles. The first-order valence-corrected chi connectivity index (χ1v) is 10.9. The predicted octanol–water partition coefficient (Wildman–Crippen LogP) is 4.79. The van der Waals surface area contributed by atoms with Crippen LogP contribution in [0, 0.1) is 28.7 Å². The first-order valence-electron chi connectivity index (χ1n) is 10.1. The van der Waals surface area contributed by atoms with Crippen molar-refractivity contribution in [1.29, 1.82) is 0 Å². The molecule has 0 N–H and O–H groups in total. The van der Waals surface area contributed by atoms with E-state index in [9.17, 15) is 23.7 Å². The minimum Gasteiger partial charge on any atom is -0.335 e. The van der Waals surface area contributed by atoms with Crippen LogP contribution in [-0.2, 0) is 0 Å². The van der Waals surface area contributed by atoms with E-state index in [0.29, 0.717) is 35.9 Å². The molecule has 1 amide bonds. The molecule has 1 saturated heterocycles. The summed E-state index contributed by atoms with van der Waals surface area (Å²) in [5.41, 5.74) is 1.72. The second-order valence-corrected chi connectivity index (χ2v) is 8.90. The Kier molecular flexibility index (Phi) is 6.29. The highest BCUT2D eigenvalue weighted by atomic mass is 32.1. The van der Waals surface area contributed by atoms with Crippen LogP contribution in [0.4, 0.5) is 14.5 Å². The number of hydrogen-bond acceptors (Lipinski definition) is 5. The number of carbonyl (C=O) groups excluding carboxylic acids is 1. The molecule has 3 aromatic rings. The predicted molar refractivity (Wildman–Crippen MR) is 118 cm³/mol. The summed E-state index contributed by atoms with van der Waals surface area (Å²) in [5.74, 6) is -0.879. The molecule has 6 nitrogen and oxygen atoms in total. The fourth-order valence-electron chi connectivity index (χ4n) is 4.00. The summed E-state index contributed by atoms with van der Waals surface area (Å²) < 4.78 is 27.0. The van der Waals surface area contributed by atoms with Crippen LogP contribution in [0.1, 0.15) is 31.7 Å². The van der Waals surface area contributed by atoms with Gasteiger partial charge in [0.15, 0.2) is 0 Å². The fourth-order valence-corrected chi connectivity index (χ4v) is 4.96. The molecule has 0 bridgehead atoms. The van der Waals surface area contributed by atoms with Crippen LogP contribution in [0.5, 0.6) is 0 Å². The van der Waals surface area contributed by atoms with E-state index in [2.05, 4.69) is 4.90 Å². The molecule has 0 spiro atoms. The summed E-state index contributed by atoms with van der Waals surface area (Å²) >= 11 is 1.13. The Hall–Kier alpha value is -3.17. The summed E-state index contributed by atoms with van der Waals surface area (Å²) in [6.45, 7) is 3.63. The van der Waals surface area contributed by atoms with Crippen molar-refractivity contribution in [1.82, 2.24) is 9.80 Å². The number of nitrogens with zero attached hydrogens (tertiary/aromatic N) is 3. The molecular formula is C23H21F2N3O3S. The molecule has 1 aliphatic heterocycles. The van der Waals surface area contributed by atoms with Crippen LogP contribution in [0.25, 0.3) is 0 Å². The molecule has 9 heteroatoms. The lowest BCUT2D eigenvalue weighted by Crippen LogP contribution is -2.49. The molecule has 32 heavy (non-hydrogen) atoms. The maximum atomic E-state index is 13.5. The summed E-state index contributed by atoms with van der Waals surface area (Å²) in [6.07, 6.45) is 0. The van der Waals surface area contributed by atoms with Crippen molar-refractivity contribution in [2.75, 3.05) is 26.2 Å². The number of aryl methyl sites for hydroxylation is 1. The van der Waals surface area contributed by atoms with Crippen LogP contribution in [0.2, 0.25) is 0 Å². The second kappa shape index (κ2) is 9.13. The van der Waals surface area contributed by atoms with Gasteiger partial charge < -0.3 is 4.90 Å². The Bertz CT molecular complexity index is 1080. The lowest BCUT2D eigenvalue weighted by molar-refractivity contribution is -0.385. The average molecular weight is 458 g/mol. The van der Waals surface area contributed by atoms with Gasteiger partial charge in [0.1, 0.15) is 11.6 Å². The minimum atomic E-state index is -0.476. The molecule has 0 radical (unpaired) electrons. The Morgan fingerprint density at radius 2 is 1.47 bits per heavy atom. The topological polar surface area (TPSA) is 66.7 Å². The van der Waals surface area contributed by atoms with E-state index < -0.39 is 4.92 Å². The zero-order valence-electron chi connectivity index (χ0n) is 17.3. The largest absolute Gasteiger partial charge is 0.335 e. The Balaban J connectivity index is 1.52. The van der Waals surface area contributed by atoms with Gasteiger partial charge in [0.25, 0.3) is 11.6 Å². The Labute approximate surface area is 187 Å². The molecule has 166 valence electrons. The van der Waals surface area contributed by atoms with E-state index in [1.807, 2.05) is 0 Å². The molecule has 1 aliphatic rings. The van der Waals surface area contributed by atoms with Gasteiger partial charge >= 0.3 is 0 Å². The smallest absolute Gasteiger partial charge is 0.283 e. The molecule has 1 fully saturated rings. The SMILES string of the molecule is Cc1sc(C(=O)N2CCN(C(c3ccc(F)cc3)c3ccc(F)cc3)CC2)cc1[N+](=O)[O-]. The van der Waals surface area contributed by atoms with Gasteiger partial charge in [-0.05, 0) is 42.3 Å². The van der Waals surface area contributed by atoms with Gasteiger partial charge in [-0.25, -0.2) is 8.78 Å². The van der Waals surface area contributed by atoms with Crippen LogP contribution in [0.3, 0.4) is 0 Å². The van der Waals surface area contributed by atoms with Gasteiger partial charge in [-0.1, -0.05) is 24.3 Å². The highest BCUT2D eigenvalue weighted by molar-refractivity contribution is 7.14. The van der Waals surface area contributed by atoms with Gasteiger partial charge in [0.05, 0.1) is 20.7 Å². The Morgan fingerprint density at radius 1 is 0.969 bits per heavy atom. The third-order valence-electron chi connectivity index (χ3n) is 5.64. The molecule has 0 atom stereocenters. The number of rotatable bonds is 5. The summed E-state index contributed by atoms with van der Waals surface area (Å²) in [6, 6.07) is 13.6. The zero-order chi connectivity index (χ0) is 22.8. The van der Waals surface area contributed by atoms with Gasteiger partial charge in [-0.2, -0.15) is 0 Å². The number of amides is 1. The average Bonchev–Trinajstić information content (AvgIpc) is 3.18. The molecule has 2 aromatic carbocycles. The van der Waals surface area contributed by atoms with Crippen LogP contribution >= 0.6 is 11.3 Å². The van der Waals surface area contributed by atoms with E-state index in [4.69, 9.17) is 0 Å². The van der Waals surface area contributed by atoms with Crippen LogP contribution in [0.15, 0.2) is 54.6 Å². The fraction of sp³-hybridized carbons (Fsp3) is 0.261. The molecular weight excluding hydrogens is 436 g/mol. The standard InChI is InChI=1S/C23H21F2N3O3S/c1-15-20(28(30)31)14-21(32-15)23(29)27-12-10-26(11-13-27)22(16-2-6-18(24)7-3-16)17-4-8-19(25)9-5-17/h2-9,14,22H,10-13H2,1H3. The number of carbonyl (C=O) groups is 1. The third-order valence-corrected chi connectivity index (χ3v) is 6.66. The second-order valence-electron chi connectivity index (χ2n) is 7.64. The van der Waals surface area contributed by atoms with Crippen LogP contribution in [-0.4, -0.2) is 46.8 Å². The van der Waals surface area contributed by atoms with Gasteiger partial charge in [0.2, 0.25) is 0 Å². The van der Waals surface area contributed by atoms with E-state index >= 15 is 0 Å². The maximum absolute atomic E-state index is 13.5. The third kappa shape index (κ3) is 4.53. The van der Waals surface area contributed by atoms with Crippen molar-refractivity contribution in [3.8, 4) is 0 Å². The minimum absolute atomic E-state index is 0.0373. The highest BCUT2D eigenvalue weighted by Gasteiger charge is 2.30. The molecule has 2 heterocycles. The summed E-state index contributed by atoms with van der Waals surface area (Å²) in [4.78, 5) is 28.2. The molecule has 0 saturated carbocycles. The lowest BCUT2D eigenvalue weighted by Gasteiger charge is -2.39.